The van der Waals surface area contributed by atoms with Crippen LogP contribution in [0.4, 0.5) is 0 Å². The minimum absolute atomic E-state index is 0.138. The summed E-state index contributed by atoms with van der Waals surface area (Å²) in [6, 6.07) is 10.2. The maximum atomic E-state index is 11.2. The lowest BCUT2D eigenvalue weighted by molar-refractivity contribution is -0.139. The van der Waals surface area contributed by atoms with Crippen LogP contribution < -0.4 is 0 Å². The largest absolute Gasteiger partial charge is 0.469 e. The number of hydrogen-bond acceptors (Lipinski definition) is 3. The molecule has 122 valence electrons. The van der Waals surface area contributed by atoms with Crippen LogP contribution in [0.15, 0.2) is 42.5 Å². The fraction of sp³-hybridized carbons (Fsp3) is 0.526. The average molecular weight is 304 g/mol. The highest BCUT2D eigenvalue weighted by Crippen LogP contribution is 2.22. The predicted molar refractivity (Wildman–Crippen MR) is 89.4 cm³/mol. The van der Waals surface area contributed by atoms with Gasteiger partial charge in [-0.1, -0.05) is 69.7 Å². The smallest absolute Gasteiger partial charge is 0.309 e. The second-order valence-electron chi connectivity index (χ2n) is 5.71. The Morgan fingerprint density at radius 2 is 1.91 bits per heavy atom. The molecule has 1 aromatic carbocycles. The van der Waals surface area contributed by atoms with Crippen molar-refractivity contribution in [3.63, 3.8) is 0 Å². The van der Waals surface area contributed by atoms with Gasteiger partial charge in [-0.3, -0.25) is 4.79 Å². The van der Waals surface area contributed by atoms with Gasteiger partial charge >= 0.3 is 5.97 Å². The molecule has 0 amide bonds. The summed E-state index contributed by atoms with van der Waals surface area (Å²) in [6.07, 6.45) is 5.44. The Hall–Kier alpha value is -1.61. The van der Waals surface area contributed by atoms with Gasteiger partial charge in [0, 0.05) is 5.92 Å². The molecule has 0 fully saturated rings. The molecule has 1 rings (SSSR count). The molecular formula is C19H28O3. The molecule has 0 N–H and O–H groups in total. The first-order valence-electron chi connectivity index (χ1n) is 7.97. The van der Waals surface area contributed by atoms with E-state index in [-0.39, 0.29) is 18.0 Å². The monoisotopic (exact) mass is 304 g/mol. The third-order valence-electron chi connectivity index (χ3n) is 3.96. The average Bonchev–Trinajstić information content (AvgIpc) is 2.55. The normalized spacial score (nSPS) is 15.5. The Morgan fingerprint density at radius 3 is 2.50 bits per heavy atom. The zero-order chi connectivity index (χ0) is 16.4. The summed E-state index contributed by atoms with van der Waals surface area (Å²) in [5, 5.41) is 0. The van der Waals surface area contributed by atoms with E-state index in [2.05, 4.69) is 43.7 Å². The summed E-state index contributed by atoms with van der Waals surface area (Å²) in [4.78, 5) is 11.2. The van der Waals surface area contributed by atoms with E-state index in [9.17, 15) is 4.79 Å². The molecule has 1 aromatic rings. The van der Waals surface area contributed by atoms with E-state index >= 15 is 0 Å². The second-order valence-corrected chi connectivity index (χ2v) is 5.71. The van der Waals surface area contributed by atoms with Gasteiger partial charge in [0.2, 0.25) is 0 Å². The number of carbonyl (C=O) groups is 1. The Kier molecular flexibility index (Phi) is 8.53. The van der Waals surface area contributed by atoms with Crippen LogP contribution in [0.1, 0.15) is 39.2 Å². The minimum Gasteiger partial charge on any atom is -0.469 e. The van der Waals surface area contributed by atoms with Gasteiger partial charge in [-0.2, -0.15) is 0 Å². The van der Waals surface area contributed by atoms with Gasteiger partial charge in [0.25, 0.3) is 0 Å². The summed E-state index contributed by atoms with van der Waals surface area (Å²) in [6.45, 7) is 7.13. The molecule has 0 aliphatic heterocycles. The predicted octanol–water partition coefficient (Wildman–Crippen LogP) is 4.37. The highest BCUT2D eigenvalue weighted by molar-refractivity contribution is 5.70. The van der Waals surface area contributed by atoms with Gasteiger partial charge in [0.1, 0.15) is 0 Å². The molecular weight excluding hydrogens is 276 g/mol. The van der Waals surface area contributed by atoms with Gasteiger partial charge in [-0.05, 0) is 11.5 Å². The summed E-state index contributed by atoms with van der Waals surface area (Å²) >= 11 is 0. The Morgan fingerprint density at radius 1 is 1.23 bits per heavy atom. The van der Waals surface area contributed by atoms with Crippen LogP contribution in [0, 0.1) is 11.8 Å². The molecule has 0 saturated carbocycles. The van der Waals surface area contributed by atoms with Crippen molar-refractivity contribution in [2.75, 3.05) is 7.11 Å². The quantitative estimate of drug-likeness (QED) is 0.502. The summed E-state index contributed by atoms with van der Waals surface area (Å²) in [5.74, 6) is 0.499. The molecule has 0 saturated heterocycles. The van der Waals surface area contributed by atoms with E-state index < -0.39 is 0 Å². The summed E-state index contributed by atoms with van der Waals surface area (Å²) < 4.78 is 10.8. The standard InChI is InChI=1S/C19H28O3/c1-5-15(2)19(16(3)10-9-13-18(20)21-4)22-14-17-11-7-6-8-12-17/h6-12,15-16,19H,5,13-14H2,1-4H3/b10-9+/t15-,16+,19+/m0/s1. The highest BCUT2D eigenvalue weighted by Gasteiger charge is 2.21. The maximum Gasteiger partial charge on any atom is 0.309 e. The molecule has 22 heavy (non-hydrogen) atoms. The molecule has 3 nitrogen and oxygen atoms in total. The van der Waals surface area contributed by atoms with Crippen LogP contribution in [0.5, 0.6) is 0 Å². The second kappa shape index (κ2) is 10.2. The minimum atomic E-state index is -0.214. The first kappa shape index (κ1) is 18.4. The molecule has 0 unspecified atom stereocenters. The van der Waals surface area contributed by atoms with Gasteiger partial charge < -0.3 is 9.47 Å². The van der Waals surface area contributed by atoms with Crippen molar-refractivity contribution in [2.45, 2.75) is 46.3 Å². The molecule has 0 heterocycles. The molecule has 3 heteroatoms. The van der Waals surface area contributed by atoms with Crippen molar-refractivity contribution in [3.8, 4) is 0 Å². The summed E-state index contributed by atoms with van der Waals surface area (Å²) in [5.41, 5.74) is 1.18. The third-order valence-corrected chi connectivity index (χ3v) is 3.96. The third kappa shape index (κ3) is 6.44. The lowest BCUT2D eigenvalue weighted by atomic mass is 9.91. The molecule has 0 aromatic heterocycles. The van der Waals surface area contributed by atoms with Crippen molar-refractivity contribution < 1.29 is 14.3 Å². The SMILES string of the molecule is CC[C@H](C)[C@@H](OCc1ccccc1)[C@H](C)/C=C/CC(=O)OC. The van der Waals surface area contributed by atoms with Crippen LogP contribution in [0.2, 0.25) is 0 Å². The molecule has 0 aliphatic carbocycles. The van der Waals surface area contributed by atoms with Crippen LogP contribution in [-0.4, -0.2) is 19.2 Å². The van der Waals surface area contributed by atoms with E-state index in [1.54, 1.807) is 0 Å². The van der Waals surface area contributed by atoms with Gasteiger partial charge in [-0.15, -0.1) is 0 Å². The van der Waals surface area contributed by atoms with Crippen LogP contribution in [0.3, 0.4) is 0 Å². The Bertz CT molecular complexity index is 453. The lowest BCUT2D eigenvalue weighted by Crippen LogP contribution is -2.27. The molecule has 0 spiro atoms. The zero-order valence-electron chi connectivity index (χ0n) is 14.1. The molecule has 0 bridgehead atoms. The zero-order valence-corrected chi connectivity index (χ0v) is 14.1. The van der Waals surface area contributed by atoms with E-state index in [1.807, 2.05) is 24.3 Å². The number of ether oxygens (including phenoxy) is 2. The molecule has 0 radical (unpaired) electrons. The Labute approximate surface area is 134 Å². The number of hydrogen-bond donors (Lipinski definition) is 0. The van der Waals surface area contributed by atoms with Gasteiger partial charge in [0.15, 0.2) is 0 Å². The highest BCUT2D eigenvalue weighted by atomic mass is 16.5. The van der Waals surface area contributed by atoms with E-state index in [0.717, 1.165) is 6.42 Å². The topological polar surface area (TPSA) is 35.5 Å². The fourth-order valence-electron chi connectivity index (χ4n) is 2.41. The first-order valence-corrected chi connectivity index (χ1v) is 7.97. The number of methoxy groups -OCH3 is 1. The number of benzene rings is 1. The Balaban J connectivity index is 2.61. The van der Waals surface area contributed by atoms with E-state index in [1.165, 1.54) is 12.7 Å². The van der Waals surface area contributed by atoms with Crippen LogP contribution >= 0.6 is 0 Å². The van der Waals surface area contributed by atoms with Crippen molar-refractivity contribution in [3.05, 3.63) is 48.0 Å². The van der Waals surface area contributed by atoms with Crippen molar-refractivity contribution in [1.29, 1.82) is 0 Å². The van der Waals surface area contributed by atoms with E-state index in [4.69, 9.17) is 4.74 Å². The van der Waals surface area contributed by atoms with Crippen molar-refractivity contribution in [1.82, 2.24) is 0 Å². The van der Waals surface area contributed by atoms with Crippen molar-refractivity contribution >= 4 is 5.97 Å². The van der Waals surface area contributed by atoms with Gasteiger partial charge in [0.05, 0.1) is 26.2 Å². The first-order chi connectivity index (χ1) is 10.6. The lowest BCUT2D eigenvalue weighted by Gasteiger charge is -2.27. The van der Waals surface area contributed by atoms with Crippen LogP contribution in [-0.2, 0) is 20.9 Å². The molecule has 3 atom stereocenters. The number of carbonyl (C=O) groups excluding carboxylic acids is 1. The molecule has 0 aliphatic rings. The van der Waals surface area contributed by atoms with Crippen LogP contribution in [0.25, 0.3) is 0 Å². The number of rotatable bonds is 9. The van der Waals surface area contributed by atoms with E-state index in [0.29, 0.717) is 18.9 Å². The maximum absolute atomic E-state index is 11.2. The summed E-state index contributed by atoms with van der Waals surface area (Å²) in [7, 11) is 1.41. The van der Waals surface area contributed by atoms with Gasteiger partial charge in [-0.25, -0.2) is 0 Å². The van der Waals surface area contributed by atoms with Crippen molar-refractivity contribution in [2.24, 2.45) is 11.8 Å². The number of esters is 1. The fourth-order valence-corrected chi connectivity index (χ4v) is 2.41.